The molecule has 0 saturated heterocycles. The van der Waals surface area contributed by atoms with Gasteiger partial charge in [-0.25, -0.2) is 4.98 Å². The molecule has 1 heterocycles. The lowest BCUT2D eigenvalue weighted by atomic mass is 9.89. The molecular formula is C15H17BrN2S. The predicted octanol–water partition coefficient (Wildman–Crippen LogP) is 4.03. The number of halogens is 1. The van der Waals surface area contributed by atoms with Gasteiger partial charge < -0.3 is 5.73 Å². The van der Waals surface area contributed by atoms with Crippen molar-refractivity contribution in [3.05, 3.63) is 39.3 Å². The maximum Gasteiger partial charge on any atom is 0.123 e. The van der Waals surface area contributed by atoms with Gasteiger partial charge in [0.05, 0.1) is 5.69 Å². The second-order valence-corrected chi connectivity index (χ2v) is 7.08. The van der Waals surface area contributed by atoms with E-state index in [0.29, 0.717) is 0 Å². The summed E-state index contributed by atoms with van der Waals surface area (Å²) in [5.74, 6) is 0.758. The molecule has 2 nitrogen and oxygen atoms in total. The van der Waals surface area contributed by atoms with Gasteiger partial charge in [0.2, 0.25) is 0 Å². The molecule has 19 heavy (non-hydrogen) atoms. The zero-order valence-corrected chi connectivity index (χ0v) is 13.1. The van der Waals surface area contributed by atoms with Crippen LogP contribution in [0.1, 0.15) is 23.4 Å². The summed E-state index contributed by atoms with van der Waals surface area (Å²) in [6.07, 6.45) is 4.66. The molecule has 4 heteroatoms. The summed E-state index contributed by atoms with van der Waals surface area (Å²) in [6.45, 7) is 0.803. The number of hydrogen-bond acceptors (Lipinski definition) is 3. The van der Waals surface area contributed by atoms with Crippen molar-refractivity contribution in [2.45, 2.75) is 25.7 Å². The minimum absolute atomic E-state index is 0.758. The van der Waals surface area contributed by atoms with Crippen molar-refractivity contribution in [2.75, 3.05) is 6.54 Å². The van der Waals surface area contributed by atoms with Gasteiger partial charge in [0.15, 0.2) is 0 Å². The van der Waals surface area contributed by atoms with E-state index in [0.717, 1.165) is 41.2 Å². The van der Waals surface area contributed by atoms with Gasteiger partial charge in [-0.15, -0.1) is 11.3 Å². The van der Waals surface area contributed by atoms with Crippen LogP contribution in [0.3, 0.4) is 0 Å². The zero-order valence-electron chi connectivity index (χ0n) is 10.7. The van der Waals surface area contributed by atoms with Crippen molar-refractivity contribution in [2.24, 2.45) is 11.7 Å². The first-order valence-electron chi connectivity index (χ1n) is 6.71. The smallest absolute Gasteiger partial charge is 0.123 e. The summed E-state index contributed by atoms with van der Waals surface area (Å²) in [5, 5.41) is 1.15. The monoisotopic (exact) mass is 336 g/mol. The molecule has 1 aromatic heterocycles. The quantitative estimate of drug-likeness (QED) is 0.918. The Kier molecular flexibility index (Phi) is 4.01. The molecule has 0 saturated carbocycles. The van der Waals surface area contributed by atoms with Crippen molar-refractivity contribution in [1.29, 1.82) is 0 Å². The Morgan fingerprint density at radius 1 is 1.42 bits per heavy atom. The van der Waals surface area contributed by atoms with Crippen molar-refractivity contribution in [1.82, 2.24) is 4.98 Å². The van der Waals surface area contributed by atoms with E-state index in [1.807, 2.05) is 17.4 Å². The Morgan fingerprint density at radius 3 is 3.11 bits per heavy atom. The highest BCUT2D eigenvalue weighted by Gasteiger charge is 2.22. The van der Waals surface area contributed by atoms with Gasteiger partial charge in [0.25, 0.3) is 0 Å². The fourth-order valence-corrected chi connectivity index (χ4v) is 4.29. The lowest BCUT2D eigenvalue weighted by Gasteiger charge is -2.19. The molecule has 1 aliphatic carbocycles. The molecule has 0 spiro atoms. The first-order valence-corrected chi connectivity index (χ1v) is 8.32. The summed E-state index contributed by atoms with van der Waals surface area (Å²) in [4.78, 5) is 6.30. The van der Waals surface area contributed by atoms with Crippen molar-refractivity contribution >= 4 is 27.3 Å². The average molecular weight is 337 g/mol. The van der Waals surface area contributed by atoms with Crippen LogP contribution in [0.5, 0.6) is 0 Å². The van der Waals surface area contributed by atoms with E-state index in [1.165, 1.54) is 22.6 Å². The predicted molar refractivity (Wildman–Crippen MR) is 84.4 cm³/mol. The third kappa shape index (κ3) is 2.91. The van der Waals surface area contributed by atoms with Crippen molar-refractivity contribution < 1.29 is 0 Å². The molecule has 1 aliphatic rings. The summed E-state index contributed by atoms with van der Waals surface area (Å²) >= 11 is 5.38. The number of nitrogens with zero attached hydrogens (tertiary/aromatic N) is 1. The van der Waals surface area contributed by atoms with Crippen LogP contribution in [0.2, 0.25) is 0 Å². The van der Waals surface area contributed by atoms with Crippen LogP contribution in [0.4, 0.5) is 0 Å². The van der Waals surface area contributed by atoms with Gasteiger partial charge in [-0.3, -0.25) is 0 Å². The molecule has 2 aromatic rings. The Hall–Kier alpha value is -0.710. The lowest BCUT2D eigenvalue weighted by molar-refractivity contribution is 0.434. The summed E-state index contributed by atoms with van der Waals surface area (Å²) in [5.41, 5.74) is 8.20. The molecule has 100 valence electrons. The number of thiazole rings is 1. The Labute approximate surface area is 126 Å². The van der Waals surface area contributed by atoms with E-state index in [1.54, 1.807) is 0 Å². The number of aromatic nitrogens is 1. The molecule has 1 atom stereocenters. The molecule has 2 N–H and O–H groups in total. The molecule has 0 fully saturated rings. The summed E-state index contributed by atoms with van der Waals surface area (Å²) in [6, 6.07) is 8.39. The molecule has 0 bridgehead atoms. The van der Waals surface area contributed by atoms with Gasteiger partial charge in [-0.1, -0.05) is 28.1 Å². The average Bonchev–Trinajstić information content (AvgIpc) is 2.82. The van der Waals surface area contributed by atoms with E-state index >= 15 is 0 Å². The molecular weight excluding hydrogens is 320 g/mol. The number of nitrogens with two attached hydrogens (primary N) is 1. The second kappa shape index (κ2) is 5.73. The molecule has 0 radical (unpaired) electrons. The van der Waals surface area contributed by atoms with E-state index in [-0.39, 0.29) is 0 Å². The van der Waals surface area contributed by atoms with Crippen LogP contribution in [-0.2, 0) is 12.8 Å². The van der Waals surface area contributed by atoms with E-state index < -0.39 is 0 Å². The standard InChI is InChI=1S/C15H17BrN2S/c16-12-3-1-2-11(9-12)15-18-13-5-4-10(6-7-17)8-14(13)19-15/h1-3,9-10H,4-8,17H2. The highest BCUT2D eigenvalue weighted by molar-refractivity contribution is 9.10. The van der Waals surface area contributed by atoms with Gasteiger partial charge in [-0.2, -0.15) is 0 Å². The highest BCUT2D eigenvalue weighted by Crippen LogP contribution is 2.35. The van der Waals surface area contributed by atoms with Crippen LogP contribution in [-0.4, -0.2) is 11.5 Å². The fraction of sp³-hybridized carbons (Fsp3) is 0.400. The minimum atomic E-state index is 0.758. The number of benzene rings is 1. The maximum atomic E-state index is 5.67. The third-order valence-electron chi connectivity index (χ3n) is 3.69. The van der Waals surface area contributed by atoms with Gasteiger partial charge in [-0.05, 0) is 50.3 Å². The molecule has 3 rings (SSSR count). The van der Waals surface area contributed by atoms with Crippen molar-refractivity contribution in [3.8, 4) is 10.6 Å². The van der Waals surface area contributed by atoms with Gasteiger partial charge >= 0.3 is 0 Å². The molecule has 1 aromatic carbocycles. The number of rotatable bonds is 3. The summed E-state index contributed by atoms with van der Waals surface area (Å²) < 4.78 is 1.11. The highest BCUT2D eigenvalue weighted by atomic mass is 79.9. The third-order valence-corrected chi connectivity index (χ3v) is 5.35. The number of hydrogen-bond donors (Lipinski definition) is 1. The van der Waals surface area contributed by atoms with E-state index in [2.05, 4.69) is 34.1 Å². The molecule has 0 aliphatic heterocycles. The van der Waals surface area contributed by atoms with Crippen molar-refractivity contribution in [3.63, 3.8) is 0 Å². The molecule has 0 amide bonds. The first kappa shape index (κ1) is 13.3. The minimum Gasteiger partial charge on any atom is -0.330 e. The van der Waals surface area contributed by atoms with Crippen LogP contribution in [0.25, 0.3) is 10.6 Å². The van der Waals surface area contributed by atoms with Crippen LogP contribution in [0.15, 0.2) is 28.7 Å². The topological polar surface area (TPSA) is 38.9 Å². The van der Waals surface area contributed by atoms with E-state index in [4.69, 9.17) is 10.7 Å². The number of aryl methyl sites for hydroxylation is 1. The Balaban J connectivity index is 1.87. The fourth-order valence-electron chi connectivity index (χ4n) is 2.67. The Morgan fingerprint density at radius 2 is 2.32 bits per heavy atom. The maximum absolute atomic E-state index is 5.67. The largest absolute Gasteiger partial charge is 0.330 e. The number of fused-ring (bicyclic) bond motifs is 1. The van der Waals surface area contributed by atoms with Crippen LogP contribution in [0, 0.1) is 5.92 Å². The zero-order chi connectivity index (χ0) is 13.2. The van der Waals surface area contributed by atoms with Crippen LogP contribution >= 0.6 is 27.3 Å². The van der Waals surface area contributed by atoms with Crippen LogP contribution < -0.4 is 5.73 Å². The summed E-state index contributed by atoms with van der Waals surface area (Å²) in [7, 11) is 0. The second-order valence-electron chi connectivity index (χ2n) is 5.09. The van der Waals surface area contributed by atoms with E-state index in [9.17, 15) is 0 Å². The Bertz CT molecular complexity index is 579. The SMILES string of the molecule is NCCC1CCc2nc(-c3cccc(Br)c3)sc2C1. The van der Waals surface area contributed by atoms with Gasteiger partial charge in [0, 0.05) is 14.9 Å². The van der Waals surface area contributed by atoms with Gasteiger partial charge in [0.1, 0.15) is 5.01 Å². The molecule has 1 unspecified atom stereocenters. The lowest BCUT2D eigenvalue weighted by Crippen LogP contribution is -2.16. The first-order chi connectivity index (χ1) is 9.26. The normalized spacial score (nSPS) is 18.3.